The molecule has 1 atom stereocenters. The summed E-state index contributed by atoms with van der Waals surface area (Å²) in [5.41, 5.74) is 2.52. The molecule has 1 amide bonds. The average molecular weight is 277 g/mol. The van der Waals surface area contributed by atoms with Gasteiger partial charge in [0.15, 0.2) is 6.10 Å². The number of rotatable bonds is 6. The molecule has 3 nitrogen and oxygen atoms in total. The third-order valence-electron chi connectivity index (χ3n) is 3.23. The van der Waals surface area contributed by atoms with Crippen LogP contribution in [0.3, 0.4) is 0 Å². The Kier molecular flexibility index (Phi) is 6.05. The molecule has 0 saturated carbocycles. The first-order chi connectivity index (χ1) is 9.31. The van der Waals surface area contributed by atoms with Crippen LogP contribution >= 0.6 is 0 Å². The zero-order valence-electron chi connectivity index (χ0n) is 13.5. The molecule has 0 aliphatic heterocycles. The smallest absolute Gasteiger partial charge is 0.260 e. The number of carbonyl (C=O) groups is 1. The fourth-order valence-corrected chi connectivity index (χ4v) is 2.08. The standard InChI is InChI=1S/C17H27NO2/c1-11(2)10-18-17(19)14(6)20-15-7-8-16(12(3)4)13(5)9-15/h7-9,11-12,14H,10H2,1-6H3,(H,18,19). The van der Waals surface area contributed by atoms with E-state index in [1.165, 1.54) is 11.1 Å². The highest BCUT2D eigenvalue weighted by Gasteiger charge is 2.15. The molecule has 0 spiro atoms. The van der Waals surface area contributed by atoms with Crippen LogP contribution in [0.2, 0.25) is 0 Å². The molecule has 0 bridgehead atoms. The maximum atomic E-state index is 11.9. The summed E-state index contributed by atoms with van der Waals surface area (Å²) in [6, 6.07) is 6.02. The second-order valence-corrected chi connectivity index (χ2v) is 6.07. The molecule has 3 heteroatoms. The van der Waals surface area contributed by atoms with E-state index in [-0.39, 0.29) is 5.91 Å². The highest BCUT2D eigenvalue weighted by molar-refractivity contribution is 5.80. The normalized spacial score (nSPS) is 12.6. The fraction of sp³-hybridized carbons (Fsp3) is 0.588. The van der Waals surface area contributed by atoms with Gasteiger partial charge in [-0.15, -0.1) is 0 Å². The highest BCUT2D eigenvalue weighted by atomic mass is 16.5. The quantitative estimate of drug-likeness (QED) is 0.861. The number of nitrogens with one attached hydrogen (secondary N) is 1. The molecule has 0 fully saturated rings. The van der Waals surface area contributed by atoms with E-state index in [2.05, 4.69) is 46.0 Å². The molecular weight excluding hydrogens is 250 g/mol. The second-order valence-electron chi connectivity index (χ2n) is 6.07. The number of ether oxygens (including phenoxy) is 1. The van der Waals surface area contributed by atoms with Gasteiger partial charge >= 0.3 is 0 Å². The van der Waals surface area contributed by atoms with Gasteiger partial charge in [-0.3, -0.25) is 4.79 Å². The van der Waals surface area contributed by atoms with Crippen molar-refractivity contribution in [3.8, 4) is 5.75 Å². The molecule has 112 valence electrons. The van der Waals surface area contributed by atoms with Crippen LogP contribution in [-0.2, 0) is 4.79 Å². The zero-order chi connectivity index (χ0) is 15.3. The lowest BCUT2D eigenvalue weighted by molar-refractivity contribution is -0.127. The van der Waals surface area contributed by atoms with E-state index in [0.29, 0.717) is 18.4 Å². The SMILES string of the molecule is Cc1cc(OC(C)C(=O)NCC(C)C)ccc1C(C)C. The van der Waals surface area contributed by atoms with Gasteiger partial charge in [0.1, 0.15) is 5.75 Å². The van der Waals surface area contributed by atoms with E-state index in [4.69, 9.17) is 4.74 Å². The van der Waals surface area contributed by atoms with Crippen LogP contribution in [0.5, 0.6) is 5.75 Å². The predicted octanol–water partition coefficient (Wildman–Crippen LogP) is 3.66. The minimum Gasteiger partial charge on any atom is -0.481 e. The molecule has 20 heavy (non-hydrogen) atoms. The molecule has 1 N–H and O–H groups in total. The van der Waals surface area contributed by atoms with Gasteiger partial charge in [-0.2, -0.15) is 0 Å². The van der Waals surface area contributed by atoms with E-state index in [0.717, 1.165) is 5.75 Å². The molecule has 0 aliphatic rings. The Morgan fingerprint density at radius 2 is 1.85 bits per heavy atom. The van der Waals surface area contributed by atoms with E-state index in [1.54, 1.807) is 6.92 Å². The highest BCUT2D eigenvalue weighted by Crippen LogP contribution is 2.24. The van der Waals surface area contributed by atoms with Crippen LogP contribution in [0.4, 0.5) is 0 Å². The molecule has 1 aromatic rings. The average Bonchev–Trinajstić information content (AvgIpc) is 2.35. The molecule has 1 aromatic carbocycles. The van der Waals surface area contributed by atoms with Crippen LogP contribution in [-0.4, -0.2) is 18.6 Å². The predicted molar refractivity (Wildman–Crippen MR) is 83.2 cm³/mol. The van der Waals surface area contributed by atoms with E-state index in [1.807, 2.05) is 12.1 Å². The summed E-state index contributed by atoms with van der Waals surface area (Å²) in [6.45, 7) is 13.0. The monoisotopic (exact) mass is 277 g/mol. The summed E-state index contributed by atoms with van der Waals surface area (Å²) >= 11 is 0. The van der Waals surface area contributed by atoms with Crippen molar-refractivity contribution in [2.45, 2.75) is 53.6 Å². The topological polar surface area (TPSA) is 38.3 Å². The molecule has 0 aliphatic carbocycles. The molecular formula is C17H27NO2. The molecule has 0 heterocycles. The Morgan fingerprint density at radius 1 is 1.20 bits per heavy atom. The maximum absolute atomic E-state index is 11.9. The Balaban J connectivity index is 2.64. The minimum absolute atomic E-state index is 0.0655. The summed E-state index contributed by atoms with van der Waals surface area (Å²) in [7, 11) is 0. The number of amides is 1. The maximum Gasteiger partial charge on any atom is 0.260 e. The molecule has 1 rings (SSSR count). The van der Waals surface area contributed by atoms with Gasteiger partial charge in [0.2, 0.25) is 0 Å². The van der Waals surface area contributed by atoms with Crippen LogP contribution in [0.15, 0.2) is 18.2 Å². The summed E-state index contributed by atoms with van der Waals surface area (Å²) in [6.07, 6.45) is -0.474. The van der Waals surface area contributed by atoms with Crippen LogP contribution in [0, 0.1) is 12.8 Å². The van der Waals surface area contributed by atoms with Crippen molar-refractivity contribution >= 4 is 5.91 Å². The van der Waals surface area contributed by atoms with Crippen molar-refractivity contribution in [2.75, 3.05) is 6.54 Å². The van der Waals surface area contributed by atoms with Gasteiger partial charge in [0.25, 0.3) is 5.91 Å². The first-order valence-corrected chi connectivity index (χ1v) is 7.36. The lowest BCUT2D eigenvalue weighted by atomic mass is 9.98. The summed E-state index contributed by atoms with van der Waals surface area (Å²) in [5, 5.41) is 2.88. The van der Waals surface area contributed by atoms with Crippen molar-refractivity contribution in [3.05, 3.63) is 29.3 Å². The van der Waals surface area contributed by atoms with Crippen molar-refractivity contribution in [1.82, 2.24) is 5.32 Å². The van der Waals surface area contributed by atoms with Crippen molar-refractivity contribution < 1.29 is 9.53 Å². The summed E-state index contributed by atoms with van der Waals surface area (Å²) in [4.78, 5) is 11.9. The Labute approximate surface area is 122 Å². The number of aryl methyl sites for hydroxylation is 1. The summed E-state index contributed by atoms with van der Waals surface area (Å²) in [5.74, 6) is 1.62. The Hall–Kier alpha value is -1.51. The second kappa shape index (κ2) is 7.32. The third kappa shape index (κ3) is 4.87. The number of carbonyl (C=O) groups excluding carboxylic acids is 1. The van der Waals surface area contributed by atoms with Gasteiger partial charge < -0.3 is 10.1 Å². The van der Waals surface area contributed by atoms with Gasteiger partial charge in [0.05, 0.1) is 0 Å². The Bertz CT molecular complexity index is 452. The van der Waals surface area contributed by atoms with E-state index < -0.39 is 6.10 Å². The van der Waals surface area contributed by atoms with E-state index in [9.17, 15) is 4.79 Å². The van der Waals surface area contributed by atoms with Gasteiger partial charge in [-0.05, 0) is 48.9 Å². The molecule has 1 unspecified atom stereocenters. The third-order valence-corrected chi connectivity index (χ3v) is 3.23. The van der Waals surface area contributed by atoms with Crippen molar-refractivity contribution in [2.24, 2.45) is 5.92 Å². The molecule has 0 aromatic heterocycles. The fourth-order valence-electron chi connectivity index (χ4n) is 2.08. The lowest BCUT2D eigenvalue weighted by Crippen LogP contribution is -2.38. The zero-order valence-corrected chi connectivity index (χ0v) is 13.5. The first-order valence-electron chi connectivity index (χ1n) is 7.36. The van der Waals surface area contributed by atoms with Crippen molar-refractivity contribution in [1.29, 1.82) is 0 Å². The van der Waals surface area contributed by atoms with E-state index >= 15 is 0 Å². The van der Waals surface area contributed by atoms with Gasteiger partial charge in [-0.25, -0.2) is 0 Å². The molecule has 0 radical (unpaired) electrons. The van der Waals surface area contributed by atoms with Crippen LogP contribution in [0.1, 0.15) is 51.7 Å². The number of benzene rings is 1. The Morgan fingerprint density at radius 3 is 2.35 bits per heavy atom. The van der Waals surface area contributed by atoms with Gasteiger partial charge in [0, 0.05) is 6.54 Å². The minimum atomic E-state index is -0.474. The van der Waals surface area contributed by atoms with Crippen LogP contribution < -0.4 is 10.1 Å². The van der Waals surface area contributed by atoms with Crippen LogP contribution in [0.25, 0.3) is 0 Å². The number of hydrogen-bond donors (Lipinski definition) is 1. The summed E-state index contributed by atoms with van der Waals surface area (Å²) < 4.78 is 5.71. The number of hydrogen-bond acceptors (Lipinski definition) is 2. The van der Waals surface area contributed by atoms with Crippen molar-refractivity contribution in [3.63, 3.8) is 0 Å². The van der Waals surface area contributed by atoms with Gasteiger partial charge in [-0.1, -0.05) is 33.8 Å². The lowest BCUT2D eigenvalue weighted by Gasteiger charge is -2.17. The first kappa shape index (κ1) is 16.5. The largest absolute Gasteiger partial charge is 0.481 e. The molecule has 0 saturated heterocycles.